The largest absolute Gasteiger partial charge is 0.352 e. The molecule has 0 radical (unpaired) electrons. The van der Waals surface area contributed by atoms with Crippen molar-refractivity contribution in [1.29, 1.82) is 0 Å². The fraction of sp³-hybridized carbons (Fsp3) is 0.688. The van der Waals surface area contributed by atoms with Crippen LogP contribution in [0.15, 0.2) is 17.1 Å². The predicted molar refractivity (Wildman–Crippen MR) is 90.0 cm³/mol. The van der Waals surface area contributed by atoms with Crippen LogP contribution in [0, 0.1) is 0 Å². The van der Waals surface area contributed by atoms with Gasteiger partial charge in [-0.25, -0.2) is 0 Å². The normalized spacial score (nSPS) is 23.5. The summed E-state index contributed by atoms with van der Waals surface area (Å²) < 4.78 is 0. The lowest BCUT2D eigenvalue weighted by molar-refractivity contribution is 0.321. The van der Waals surface area contributed by atoms with Crippen molar-refractivity contribution in [3.63, 3.8) is 0 Å². The summed E-state index contributed by atoms with van der Waals surface area (Å²) >= 11 is 1.89. The lowest BCUT2D eigenvalue weighted by Gasteiger charge is -2.18. The smallest absolute Gasteiger partial charge is 0.191 e. The van der Waals surface area contributed by atoms with Crippen LogP contribution in [0.2, 0.25) is 0 Å². The minimum absolute atomic E-state index is 0.548. The fourth-order valence-corrected chi connectivity index (χ4v) is 3.84. The Bertz CT molecular complexity index is 492. The lowest BCUT2D eigenvalue weighted by Crippen LogP contribution is -2.44. The third kappa shape index (κ3) is 3.98. The number of aryl methyl sites for hydroxylation is 1. The first-order valence-corrected chi connectivity index (χ1v) is 8.89. The van der Waals surface area contributed by atoms with Crippen molar-refractivity contribution in [3.05, 3.63) is 21.9 Å². The van der Waals surface area contributed by atoms with Crippen molar-refractivity contribution in [2.75, 3.05) is 20.1 Å². The van der Waals surface area contributed by atoms with Crippen LogP contribution in [-0.4, -0.2) is 43.1 Å². The Balaban J connectivity index is 1.44. The Morgan fingerprint density at radius 3 is 2.81 bits per heavy atom. The summed E-state index contributed by atoms with van der Waals surface area (Å²) in [5.41, 5.74) is 0. The van der Waals surface area contributed by atoms with Crippen LogP contribution in [0.5, 0.6) is 0 Å². The lowest BCUT2D eigenvalue weighted by atomic mass is 10.3. The molecule has 2 fully saturated rings. The zero-order valence-electron chi connectivity index (χ0n) is 13.1. The molecule has 4 nitrogen and oxygen atoms in total. The number of hydrogen-bond donors (Lipinski definition) is 2. The Hall–Kier alpha value is -1.07. The van der Waals surface area contributed by atoms with Gasteiger partial charge < -0.3 is 10.6 Å². The molecule has 1 aromatic rings. The maximum absolute atomic E-state index is 4.36. The summed E-state index contributed by atoms with van der Waals surface area (Å²) in [6, 6.07) is 5.87. The number of aliphatic imine (C=N–C) groups is 1. The molecule has 2 N–H and O–H groups in total. The fourth-order valence-electron chi connectivity index (χ4n) is 2.94. The molecule has 0 amide bonds. The van der Waals surface area contributed by atoms with Crippen molar-refractivity contribution in [3.8, 4) is 0 Å². The van der Waals surface area contributed by atoms with Gasteiger partial charge in [-0.05, 0) is 37.8 Å². The van der Waals surface area contributed by atoms with Gasteiger partial charge in [-0.3, -0.25) is 9.89 Å². The van der Waals surface area contributed by atoms with Crippen molar-refractivity contribution in [1.82, 2.24) is 15.5 Å². The molecule has 0 aromatic carbocycles. The zero-order chi connectivity index (χ0) is 14.7. The second kappa shape index (κ2) is 6.79. The van der Waals surface area contributed by atoms with E-state index in [1.165, 1.54) is 42.1 Å². The molecule has 2 heterocycles. The molecule has 1 aliphatic carbocycles. The summed E-state index contributed by atoms with van der Waals surface area (Å²) in [5, 5.41) is 7.01. The number of guanidine groups is 1. The SMILES string of the molecule is CCc1ccc(CNC(=NC)NC2CCN(C3CC3)C2)s1. The number of hydrogen-bond acceptors (Lipinski definition) is 3. The van der Waals surface area contributed by atoms with Gasteiger partial charge in [-0.1, -0.05) is 6.92 Å². The molecular weight excluding hydrogens is 280 g/mol. The highest BCUT2D eigenvalue weighted by molar-refractivity contribution is 7.11. The van der Waals surface area contributed by atoms with Crippen molar-refractivity contribution >= 4 is 17.3 Å². The van der Waals surface area contributed by atoms with Gasteiger partial charge in [0.25, 0.3) is 0 Å². The molecule has 5 heteroatoms. The summed E-state index contributed by atoms with van der Waals surface area (Å²) in [6.45, 7) is 5.48. The molecule has 2 aliphatic rings. The van der Waals surface area contributed by atoms with Gasteiger partial charge >= 0.3 is 0 Å². The van der Waals surface area contributed by atoms with Gasteiger partial charge in [-0.15, -0.1) is 11.3 Å². The van der Waals surface area contributed by atoms with Crippen LogP contribution in [0.4, 0.5) is 0 Å². The monoisotopic (exact) mass is 306 g/mol. The Morgan fingerprint density at radius 2 is 2.14 bits per heavy atom. The molecule has 0 spiro atoms. The highest BCUT2D eigenvalue weighted by Gasteiger charge is 2.34. The number of likely N-dealkylation sites (tertiary alicyclic amines) is 1. The van der Waals surface area contributed by atoms with E-state index in [4.69, 9.17) is 0 Å². The first-order chi connectivity index (χ1) is 10.3. The second-order valence-corrected chi connectivity index (χ2v) is 7.26. The maximum atomic E-state index is 4.36. The first kappa shape index (κ1) is 14.9. The molecule has 1 aromatic heterocycles. The van der Waals surface area contributed by atoms with Crippen molar-refractivity contribution < 1.29 is 0 Å². The van der Waals surface area contributed by atoms with E-state index in [1.807, 2.05) is 18.4 Å². The van der Waals surface area contributed by atoms with Crippen molar-refractivity contribution in [2.45, 2.75) is 51.2 Å². The van der Waals surface area contributed by atoms with E-state index < -0.39 is 0 Å². The zero-order valence-corrected chi connectivity index (χ0v) is 13.9. The average Bonchev–Trinajstić information content (AvgIpc) is 3.08. The summed E-state index contributed by atoms with van der Waals surface area (Å²) in [4.78, 5) is 9.81. The predicted octanol–water partition coefficient (Wildman–Crippen LogP) is 2.21. The molecule has 1 aliphatic heterocycles. The summed E-state index contributed by atoms with van der Waals surface area (Å²) in [5.74, 6) is 0.934. The Morgan fingerprint density at radius 1 is 1.33 bits per heavy atom. The molecule has 21 heavy (non-hydrogen) atoms. The third-order valence-electron chi connectivity index (χ3n) is 4.34. The molecule has 3 rings (SSSR count). The van der Waals surface area contributed by atoms with E-state index >= 15 is 0 Å². The Kier molecular flexibility index (Phi) is 4.80. The highest BCUT2D eigenvalue weighted by Crippen LogP contribution is 2.29. The van der Waals surface area contributed by atoms with Crippen LogP contribution >= 0.6 is 11.3 Å². The molecule has 116 valence electrons. The van der Waals surface area contributed by atoms with Gasteiger partial charge in [0.1, 0.15) is 0 Å². The quantitative estimate of drug-likeness (QED) is 0.647. The van der Waals surface area contributed by atoms with Gasteiger partial charge in [0.2, 0.25) is 0 Å². The van der Waals surface area contributed by atoms with Crippen molar-refractivity contribution in [2.24, 2.45) is 4.99 Å². The van der Waals surface area contributed by atoms with Crippen LogP contribution in [0.1, 0.15) is 35.9 Å². The van der Waals surface area contributed by atoms with E-state index in [0.29, 0.717) is 6.04 Å². The van der Waals surface area contributed by atoms with Gasteiger partial charge in [0, 0.05) is 42.0 Å². The van der Waals surface area contributed by atoms with E-state index in [2.05, 4.69) is 39.6 Å². The first-order valence-electron chi connectivity index (χ1n) is 8.07. The standard InChI is InChI=1S/C16H26N4S/c1-3-14-6-7-15(21-14)10-18-16(17-2)19-12-8-9-20(11-12)13-4-5-13/h6-7,12-13H,3-5,8-11H2,1-2H3,(H2,17,18,19). The van der Waals surface area contributed by atoms with Crippen LogP contribution in [0.25, 0.3) is 0 Å². The topological polar surface area (TPSA) is 39.7 Å². The number of nitrogens with zero attached hydrogens (tertiary/aromatic N) is 2. The van der Waals surface area contributed by atoms with Gasteiger partial charge in [0.05, 0.1) is 6.54 Å². The second-order valence-electron chi connectivity index (χ2n) is 6.00. The Labute approximate surface area is 131 Å². The van der Waals surface area contributed by atoms with Crippen LogP contribution in [0.3, 0.4) is 0 Å². The summed E-state index contributed by atoms with van der Waals surface area (Å²) in [7, 11) is 1.86. The number of thiophene rings is 1. The van der Waals surface area contributed by atoms with E-state index in [1.54, 1.807) is 0 Å². The van der Waals surface area contributed by atoms with E-state index in [-0.39, 0.29) is 0 Å². The molecule has 1 saturated heterocycles. The highest BCUT2D eigenvalue weighted by atomic mass is 32.1. The molecule has 1 saturated carbocycles. The van der Waals surface area contributed by atoms with E-state index in [0.717, 1.165) is 25.0 Å². The molecule has 1 atom stereocenters. The van der Waals surface area contributed by atoms with E-state index in [9.17, 15) is 0 Å². The summed E-state index contributed by atoms with van der Waals surface area (Å²) in [6.07, 6.45) is 5.16. The maximum Gasteiger partial charge on any atom is 0.191 e. The number of nitrogens with one attached hydrogen (secondary N) is 2. The van der Waals surface area contributed by atoms with Crippen LogP contribution < -0.4 is 10.6 Å². The number of rotatable bonds is 5. The molecule has 0 bridgehead atoms. The van der Waals surface area contributed by atoms with Gasteiger partial charge in [0.15, 0.2) is 5.96 Å². The minimum atomic E-state index is 0.548. The minimum Gasteiger partial charge on any atom is -0.352 e. The van der Waals surface area contributed by atoms with Crippen LogP contribution in [-0.2, 0) is 13.0 Å². The third-order valence-corrected chi connectivity index (χ3v) is 5.57. The van der Waals surface area contributed by atoms with Gasteiger partial charge in [-0.2, -0.15) is 0 Å². The average molecular weight is 306 g/mol. The molecular formula is C16H26N4S. The molecule has 1 unspecified atom stereocenters.